The molecule has 6 heteroatoms. The van der Waals surface area contributed by atoms with Crippen LogP contribution in [0.25, 0.3) is 0 Å². The summed E-state index contributed by atoms with van der Waals surface area (Å²) < 4.78 is 16.8. The lowest BCUT2D eigenvalue weighted by molar-refractivity contribution is -0.167. The molecule has 0 aromatic carbocycles. The first-order chi connectivity index (χ1) is 31.5. The smallest absolute Gasteiger partial charge is 0.306 e. The largest absolute Gasteiger partial charge is 0.462 e. The molecule has 1 unspecified atom stereocenters. The molecule has 0 aliphatic rings. The summed E-state index contributed by atoms with van der Waals surface area (Å²) in [5, 5.41) is 0. The summed E-state index contributed by atoms with van der Waals surface area (Å²) in [5.41, 5.74) is 0. The van der Waals surface area contributed by atoms with Crippen LogP contribution in [0.2, 0.25) is 0 Å². The molecule has 370 valence electrons. The van der Waals surface area contributed by atoms with Gasteiger partial charge in [-0.1, -0.05) is 248 Å². The monoisotopic (exact) mass is 895 g/mol. The first kappa shape index (κ1) is 61.1. The van der Waals surface area contributed by atoms with E-state index in [0.29, 0.717) is 19.3 Å². The Morgan fingerprint density at radius 1 is 0.312 bits per heavy atom. The standard InChI is InChI=1S/C58H102O6/c1-4-7-10-13-16-19-22-24-26-28-30-31-33-36-39-42-45-48-51-57(60)63-54-55(53-62-56(59)50-47-44-41-38-35-21-18-15-12-9-6-3)64-58(61)52-49-46-43-40-37-34-32-29-27-25-23-20-17-14-11-8-5-2/h15-16,18-19,22,24,26,28,30-31,55H,4-14,17,20-21,23,25,27,29,32-54H2,1-3H3/b18-15-,19-16-,24-22-,28-26-,31-30-. The van der Waals surface area contributed by atoms with Crippen LogP contribution in [0.4, 0.5) is 0 Å². The van der Waals surface area contributed by atoms with Gasteiger partial charge in [0.15, 0.2) is 6.10 Å². The molecule has 0 fully saturated rings. The van der Waals surface area contributed by atoms with Gasteiger partial charge >= 0.3 is 17.9 Å². The zero-order valence-electron chi connectivity index (χ0n) is 42.3. The minimum Gasteiger partial charge on any atom is -0.462 e. The quantitative estimate of drug-likeness (QED) is 0.0199. The Balaban J connectivity index is 4.39. The van der Waals surface area contributed by atoms with Crippen molar-refractivity contribution in [1.82, 2.24) is 0 Å². The van der Waals surface area contributed by atoms with E-state index in [4.69, 9.17) is 14.2 Å². The van der Waals surface area contributed by atoms with Crippen LogP contribution < -0.4 is 0 Å². The normalized spacial score (nSPS) is 12.5. The first-order valence-electron chi connectivity index (χ1n) is 27.3. The second kappa shape index (κ2) is 52.7. The first-order valence-corrected chi connectivity index (χ1v) is 27.3. The maximum absolute atomic E-state index is 12.8. The Hall–Kier alpha value is -2.89. The van der Waals surface area contributed by atoms with Gasteiger partial charge in [0.1, 0.15) is 13.2 Å². The minimum atomic E-state index is -0.785. The molecule has 0 aromatic heterocycles. The average Bonchev–Trinajstić information content (AvgIpc) is 3.29. The van der Waals surface area contributed by atoms with Crippen LogP contribution in [0.3, 0.4) is 0 Å². The highest BCUT2D eigenvalue weighted by atomic mass is 16.6. The van der Waals surface area contributed by atoms with Gasteiger partial charge in [-0.05, 0) is 64.2 Å². The Morgan fingerprint density at radius 3 is 1.00 bits per heavy atom. The molecule has 6 nitrogen and oxygen atoms in total. The summed E-state index contributed by atoms with van der Waals surface area (Å²) in [5.74, 6) is -0.908. The molecule has 64 heavy (non-hydrogen) atoms. The van der Waals surface area contributed by atoms with Gasteiger partial charge in [-0.25, -0.2) is 0 Å². The highest BCUT2D eigenvalue weighted by Gasteiger charge is 2.19. The molecule has 0 heterocycles. The van der Waals surface area contributed by atoms with E-state index in [1.807, 2.05) is 0 Å². The van der Waals surface area contributed by atoms with E-state index in [9.17, 15) is 14.4 Å². The van der Waals surface area contributed by atoms with Crippen molar-refractivity contribution in [3.8, 4) is 0 Å². The fourth-order valence-corrected chi connectivity index (χ4v) is 7.67. The number of rotatable bonds is 49. The highest BCUT2D eigenvalue weighted by molar-refractivity contribution is 5.71. The number of hydrogen-bond acceptors (Lipinski definition) is 6. The van der Waals surface area contributed by atoms with E-state index in [1.165, 1.54) is 141 Å². The van der Waals surface area contributed by atoms with Crippen molar-refractivity contribution in [1.29, 1.82) is 0 Å². The number of ether oxygens (including phenoxy) is 3. The molecule has 0 N–H and O–H groups in total. The predicted octanol–water partition coefficient (Wildman–Crippen LogP) is 18.0. The molecular weight excluding hydrogens is 793 g/mol. The number of carbonyl (C=O) groups excluding carboxylic acids is 3. The van der Waals surface area contributed by atoms with Crippen LogP contribution in [0.5, 0.6) is 0 Å². The van der Waals surface area contributed by atoms with Crippen LogP contribution in [-0.4, -0.2) is 37.2 Å². The lowest BCUT2D eigenvalue weighted by Gasteiger charge is -2.18. The topological polar surface area (TPSA) is 78.9 Å². The van der Waals surface area contributed by atoms with Crippen molar-refractivity contribution >= 4 is 17.9 Å². The van der Waals surface area contributed by atoms with Gasteiger partial charge in [0.2, 0.25) is 0 Å². The van der Waals surface area contributed by atoms with Crippen molar-refractivity contribution in [2.24, 2.45) is 0 Å². The van der Waals surface area contributed by atoms with Crippen LogP contribution in [0.15, 0.2) is 60.8 Å². The number of esters is 3. The molecule has 0 saturated heterocycles. The summed E-state index contributed by atoms with van der Waals surface area (Å²) in [7, 11) is 0. The van der Waals surface area contributed by atoms with Gasteiger partial charge in [0.05, 0.1) is 0 Å². The zero-order chi connectivity index (χ0) is 46.5. The number of allylic oxidation sites excluding steroid dienone is 10. The van der Waals surface area contributed by atoms with Gasteiger partial charge in [-0.2, -0.15) is 0 Å². The number of hydrogen-bond donors (Lipinski definition) is 0. The maximum Gasteiger partial charge on any atom is 0.306 e. The third kappa shape index (κ3) is 50.1. The Kier molecular flexibility index (Phi) is 50.4. The van der Waals surface area contributed by atoms with Crippen LogP contribution >= 0.6 is 0 Å². The summed E-state index contributed by atoms with van der Waals surface area (Å²) in [6, 6.07) is 0. The summed E-state index contributed by atoms with van der Waals surface area (Å²) >= 11 is 0. The van der Waals surface area contributed by atoms with E-state index in [-0.39, 0.29) is 31.1 Å². The van der Waals surface area contributed by atoms with E-state index < -0.39 is 6.10 Å². The zero-order valence-corrected chi connectivity index (χ0v) is 42.3. The second-order valence-corrected chi connectivity index (χ2v) is 18.2. The second-order valence-electron chi connectivity index (χ2n) is 18.2. The van der Waals surface area contributed by atoms with Gasteiger partial charge in [-0.15, -0.1) is 0 Å². The minimum absolute atomic E-state index is 0.0846. The SMILES string of the molecule is CCCC/C=C\CCCCCCCC(=O)OCC(COC(=O)CCCCCCC\C=C/C=C\C=C/C=C\CCCCC)OC(=O)CCCCCCCCCCCCCCCCCCC. The molecule has 0 aliphatic heterocycles. The number of unbranched alkanes of at least 4 members (excludes halogenated alkanes) is 31. The predicted molar refractivity (Wildman–Crippen MR) is 275 cm³/mol. The van der Waals surface area contributed by atoms with Crippen molar-refractivity contribution in [3.05, 3.63) is 60.8 Å². The van der Waals surface area contributed by atoms with Crippen molar-refractivity contribution < 1.29 is 28.6 Å². The molecule has 0 aliphatic carbocycles. The molecule has 0 radical (unpaired) electrons. The maximum atomic E-state index is 12.8. The summed E-state index contributed by atoms with van der Waals surface area (Å²) in [4.78, 5) is 38.0. The van der Waals surface area contributed by atoms with Crippen molar-refractivity contribution in [3.63, 3.8) is 0 Å². The van der Waals surface area contributed by atoms with E-state index >= 15 is 0 Å². The third-order valence-corrected chi connectivity index (χ3v) is 11.8. The molecule has 0 saturated carbocycles. The van der Waals surface area contributed by atoms with Gasteiger partial charge < -0.3 is 14.2 Å². The molecular formula is C58H102O6. The fourth-order valence-electron chi connectivity index (χ4n) is 7.67. The lowest BCUT2D eigenvalue weighted by Crippen LogP contribution is -2.30. The van der Waals surface area contributed by atoms with E-state index in [0.717, 1.165) is 89.9 Å². The van der Waals surface area contributed by atoms with E-state index in [2.05, 4.69) is 81.5 Å². The lowest BCUT2D eigenvalue weighted by atomic mass is 10.0. The average molecular weight is 895 g/mol. The van der Waals surface area contributed by atoms with Crippen LogP contribution in [0.1, 0.15) is 271 Å². The fraction of sp³-hybridized carbons (Fsp3) is 0.776. The Morgan fingerprint density at radius 2 is 0.594 bits per heavy atom. The molecule has 0 bridgehead atoms. The summed E-state index contributed by atoms with van der Waals surface area (Å²) in [6.45, 7) is 6.56. The third-order valence-electron chi connectivity index (χ3n) is 11.8. The van der Waals surface area contributed by atoms with Crippen molar-refractivity contribution in [2.45, 2.75) is 277 Å². The van der Waals surface area contributed by atoms with Gasteiger partial charge in [-0.3, -0.25) is 14.4 Å². The molecule has 0 rings (SSSR count). The van der Waals surface area contributed by atoms with Crippen LogP contribution in [-0.2, 0) is 28.6 Å². The van der Waals surface area contributed by atoms with Gasteiger partial charge in [0.25, 0.3) is 0 Å². The van der Waals surface area contributed by atoms with Crippen LogP contribution in [0, 0.1) is 0 Å². The Bertz CT molecular complexity index is 1170. The molecule has 0 spiro atoms. The Labute approximate surface area is 396 Å². The van der Waals surface area contributed by atoms with E-state index in [1.54, 1.807) is 0 Å². The highest BCUT2D eigenvalue weighted by Crippen LogP contribution is 2.16. The van der Waals surface area contributed by atoms with Crippen molar-refractivity contribution in [2.75, 3.05) is 13.2 Å². The number of carbonyl (C=O) groups is 3. The molecule has 0 amide bonds. The molecule has 0 aromatic rings. The molecule has 1 atom stereocenters. The van der Waals surface area contributed by atoms with Gasteiger partial charge in [0, 0.05) is 19.3 Å². The summed E-state index contributed by atoms with van der Waals surface area (Å²) in [6.07, 6.45) is 64.9.